The van der Waals surface area contributed by atoms with Crippen LogP contribution in [0.2, 0.25) is 0 Å². The molecule has 0 fully saturated rings. The van der Waals surface area contributed by atoms with Crippen LogP contribution in [0.15, 0.2) is 417 Å². The zero-order valence-corrected chi connectivity index (χ0v) is 86.6. The van der Waals surface area contributed by atoms with Gasteiger partial charge < -0.3 is 0 Å². The molecule has 0 saturated heterocycles. The third kappa shape index (κ3) is 28.6. The minimum Gasteiger partial charge on any atom is -0.223 e. The van der Waals surface area contributed by atoms with E-state index >= 15 is 0 Å². The van der Waals surface area contributed by atoms with Crippen LogP contribution in [0.3, 0.4) is 0 Å². The normalized spacial score (nSPS) is 10.9. The van der Waals surface area contributed by atoms with Gasteiger partial charge in [0, 0.05) is 198 Å². The smallest absolute Gasteiger partial charge is 0.223 e. The molecule has 44 heteroatoms. The first kappa shape index (κ1) is 108. The van der Waals surface area contributed by atoms with Crippen LogP contribution in [0.25, 0.3) is 93.1 Å². The quantitative estimate of drug-likeness (QED) is 0.0867. The van der Waals surface area contributed by atoms with Crippen LogP contribution in [-0.2, 0) is 88.8 Å². The van der Waals surface area contributed by atoms with Crippen molar-refractivity contribution in [3.63, 3.8) is 0 Å². The summed E-state index contributed by atoms with van der Waals surface area (Å²) in [4.78, 5) is 36.4. The Balaban J connectivity index is 0.000000141. The Hall–Kier alpha value is -17.4. The maximum atomic E-state index is 4.63. The van der Waals surface area contributed by atoms with E-state index in [1.807, 2.05) is 269 Å². The summed E-state index contributed by atoms with van der Waals surface area (Å²) in [6, 6.07) is 69.5. The molecule has 24 aromatic rings. The molecule has 746 valence electrons. The molecule has 40 nitrogen and oxygen atoms in total. The van der Waals surface area contributed by atoms with Crippen LogP contribution < -0.4 is 0 Å². The molecule has 0 aliphatic carbocycles. The minimum absolute atomic E-state index is 0. The van der Waals surface area contributed by atoms with E-state index in [1.165, 1.54) is 22.3 Å². The molecule has 0 spiro atoms. The van der Waals surface area contributed by atoms with E-state index in [9.17, 15) is 0 Å². The van der Waals surface area contributed by atoms with Crippen LogP contribution in [0.1, 0.15) is 105 Å². The van der Waals surface area contributed by atoms with Gasteiger partial charge in [0.25, 0.3) is 0 Å². The van der Waals surface area contributed by atoms with Gasteiger partial charge in [-0.1, -0.05) is 107 Å². The van der Waals surface area contributed by atoms with Gasteiger partial charge in [0.05, 0.1) is 0 Å². The summed E-state index contributed by atoms with van der Waals surface area (Å²) in [6.45, 7) is 26.2. The van der Waals surface area contributed by atoms with E-state index in [0.29, 0.717) is 0 Å². The molecule has 0 saturated carbocycles. The average Bonchev–Trinajstić information content (AvgIpc) is 1.58. The fraction of sp³-hybridized carbons (Fsp3) is 0.154. The van der Waals surface area contributed by atoms with Crippen molar-refractivity contribution >= 4 is 0 Å². The van der Waals surface area contributed by atoms with Crippen LogP contribution in [0.5, 0.6) is 0 Å². The van der Waals surface area contributed by atoms with Gasteiger partial charge in [0.1, 0.15) is 0 Å². The molecule has 0 aromatic carbocycles. The Morgan fingerprint density at radius 1 is 0.135 bits per heavy atom. The van der Waals surface area contributed by atoms with E-state index in [-0.39, 0.29) is 88.8 Å². The Kier molecular flexibility index (Phi) is 36.6. The summed E-state index contributed by atoms with van der Waals surface area (Å²) in [5.74, 6) is 12.6. The molecular weight excluding hydrogens is 2050 g/mol. The zero-order chi connectivity index (χ0) is 99.8. The van der Waals surface area contributed by atoms with Crippen LogP contribution >= 0.6 is 0 Å². The second-order valence-corrected chi connectivity index (χ2v) is 35.9. The standard InChI is InChI=1S/4C15H17N5.4C11H9N5.4Co/c4*1-15(2,3)12-10-13(19-8-4-6-16-19)18-14(11-12)20-9-5-7-17-20;4*1-4-10(15-8-2-6-12-15)14-11(5-1)16-9-3-7-13-16;;;;/h4*4-11H,1-3H3;4*1-9H;;;;/q;;;;;;;;2*+2;2*+3. The van der Waals surface area contributed by atoms with Gasteiger partial charge in [-0.05, 0) is 238 Å². The second kappa shape index (κ2) is 50.2. The SMILES string of the molecule is CC(C)(C)c1cc(-n2cccn2)nc(-n2cccn2)c1.CC(C)(C)c1cc(-n2cccn2)nc(-n2cccn2)c1.CC(C)(C)c1cc(-n2cccn2)nc(-n2cccn2)c1.CC(C)(C)c1cc(-n2cccn2)nc(-n2cccn2)c1.[Co+2].[Co+2].[Co+3].[Co+3].c1cc(-n2cccn2)nc(-n2cccn2)c1.c1cc(-n2cccn2)nc(-n2cccn2)c1.c1cc(-n2cccn2)nc(-n2cccn2)c1.c1cc(-n2cccn2)nc(-n2cccn2)c1. The molecule has 0 bridgehead atoms. The van der Waals surface area contributed by atoms with Gasteiger partial charge in [-0.15, -0.1) is 0 Å². The number of rotatable bonds is 16. The van der Waals surface area contributed by atoms with E-state index in [2.05, 4.69) is 253 Å². The first-order valence-corrected chi connectivity index (χ1v) is 45.9. The minimum atomic E-state index is 0. The van der Waals surface area contributed by atoms with Crippen molar-refractivity contribution in [1.82, 2.24) is 196 Å². The van der Waals surface area contributed by atoms with E-state index < -0.39 is 0 Å². The van der Waals surface area contributed by atoms with E-state index in [4.69, 9.17) is 0 Å². The Morgan fingerprint density at radius 2 is 0.223 bits per heavy atom. The molecule has 24 heterocycles. The summed E-state index contributed by atoms with van der Waals surface area (Å²) in [7, 11) is 0. The molecule has 148 heavy (non-hydrogen) atoms. The number of hydrogen-bond donors (Lipinski definition) is 0. The van der Waals surface area contributed by atoms with Gasteiger partial charge >= 0.3 is 67.1 Å². The second-order valence-electron chi connectivity index (χ2n) is 35.9. The first-order chi connectivity index (χ1) is 69.9. The molecule has 0 amide bonds. The van der Waals surface area contributed by atoms with Gasteiger partial charge in [-0.2, -0.15) is 81.6 Å². The molecule has 0 atom stereocenters. The van der Waals surface area contributed by atoms with Crippen molar-refractivity contribution in [3.05, 3.63) is 439 Å². The van der Waals surface area contributed by atoms with Crippen molar-refractivity contribution in [2.24, 2.45) is 0 Å². The van der Waals surface area contributed by atoms with Crippen LogP contribution in [0.4, 0.5) is 0 Å². The molecule has 24 aromatic heterocycles. The number of nitrogens with zero attached hydrogens (tertiary/aromatic N) is 40. The third-order valence-electron chi connectivity index (χ3n) is 21.4. The number of hydrogen-bond acceptors (Lipinski definition) is 24. The Morgan fingerprint density at radius 3 is 0.304 bits per heavy atom. The average molecular weight is 2150 g/mol. The topological polar surface area (TPSA) is 388 Å². The molecule has 2 radical (unpaired) electrons. The largest absolute Gasteiger partial charge is 3.00 e. The molecule has 0 aliphatic heterocycles. The predicted molar refractivity (Wildman–Crippen MR) is 543 cm³/mol. The fourth-order valence-corrected chi connectivity index (χ4v) is 13.8. The zero-order valence-electron chi connectivity index (χ0n) is 82.5. The van der Waals surface area contributed by atoms with E-state index in [0.717, 1.165) is 93.1 Å². The third-order valence-corrected chi connectivity index (χ3v) is 21.4. The molecule has 0 N–H and O–H groups in total. The van der Waals surface area contributed by atoms with E-state index in [1.54, 1.807) is 174 Å². The van der Waals surface area contributed by atoms with Crippen molar-refractivity contribution < 1.29 is 67.1 Å². The maximum Gasteiger partial charge on any atom is 3.00 e. The Bertz CT molecular complexity index is 6520. The first-order valence-electron chi connectivity index (χ1n) is 45.9. The van der Waals surface area contributed by atoms with Gasteiger partial charge in [0.2, 0.25) is 0 Å². The van der Waals surface area contributed by atoms with Crippen LogP contribution in [-0.4, -0.2) is 196 Å². The molecule has 24 rings (SSSR count). The summed E-state index contributed by atoms with van der Waals surface area (Å²) in [5.41, 5.74) is 4.93. The monoisotopic (exact) mass is 2150 g/mol. The van der Waals surface area contributed by atoms with Crippen molar-refractivity contribution in [2.45, 2.75) is 105 Å². The molecule has 0 unspecified atom stereocenters. The van der Waals surface area contributed by atoms with Crippen molar-refractivity contribution in [2.75, 3.05) is 0 Å². The fourth-order valence-electron chi connectivity index (χ4n) is 13.8. The molecular formula is C104H104Co4N40+10. The molecule has 0 aliphatic rings. The summed E-state index contributed by atoms with van der Waals surface area (Å²) in [5, 5.41) is 67.1. The summed E-state index contributed by atoms with van der Waals surface area (Å²) in [6.07, 6.45) is 57.8. The Labute approximate surface area is 893 Å². The van der Waals surface area contributed by atoms with Gasteiger partial charge in [-0.3, -0.25) is 0 Å². The van der Waals surface area contributed by atoms with Gasteiger partial charge in [-0.25, -0.2) is 115 Å². The van der Waals surface area contributed by atoms with Crippen molar-refractivity contribution in [1.29, 1.82) is 0 Å². The summed E-state index contributed by atoms with van der Waals surface area (Å²) < 4.78 is 27.9. The van der Waals surface area contributed by atoms with Gasteiger partial charge in [0.15, 0.2) is 93.1 Å². The van der Waals surface area contributed by atoms with Crippen LogP contribution in [0, 0.1) is 0 Å². The predicted octanol–water partition coefficient (Wildman–Crippen LogP) is 16.8. The van der Waals surface area contributed by atoms with Crippen molar-refractivity contribution in [3.8, 4) is 93.1 Å². The summed E-state index contributed by atoms with van der Waals surface area (Å²) >= 11 is 0. The maximum absolute atomic E-state index is 4.63. The number of pyridine rings is 8. The number of aromatic nitrogens is 40.